The van der Waals surface area contributed by atoms with E-state index in [-0.39, 0.29) is 18.6 Å². The minimum atomic E-state index is -0.406. The van der Waals surface area contributed by atoms with Crippen LogP contribution in [0, 0.1) is 6.92 Å². The number of likely N-dealkylation sites (N-methyl/N-ethyl adjacent to an activating group) is 1. The van der Waals surface area contributed by atoms with Gasteiger partial charge in [-0.2, -0.15) is 0 Å². The summed E-state index contributed by atoms with van der Waals surface area (Å²) in [6.07, 6.45) is 3.35. The lowest BCUT2D eigenvalue weighted by Crippen LogP contribution is -2.47. The van der Waals surface area contributed by atoms with E-state index in [9.17, 15) is 9.90 Å². The summed E-state index contributed by atoms with van der Waals surface area (Å²) in [5.41, 5.74) is 1.01. The third-order valence-corrected chi connectivity index (χ3v) is 4.03. The largest absolute Gasteiger partial charge is 0.484 e. The number of amides is 1. The van der Waals surface area contributed by atoms with Crippen molar-refractivity contribution in [2.75, 3.05) is 13.7 Å². The molecule has 1 N–H and O–H groups in total. The number of aliphatic hydroxyl groups is 1. The number of benzene rings is 1. The molecule has 1 fully saturated rings. The third kappa shape index (κ3) is 3.51. The third-order valence-electron chi connectivity index (χ3n) is 4.03. The van der Waals surface area contributed by atoms with Gasteiger partial charge in [0.2, 0.25) is 0 Å². The molecule has 0 radical (unpaired) electrons. The number of carbonyl (C=O) groups is 1. The Morgan fingerprint density at radius 2 is 2.05 bits per heavy atom. The van der Waals surface area contributed by atoms with Gasteiger partial charge in [-0.05, 0) is 31.4 Å². The van der Waals surface area contributed by atoms with Gasteiger partial charge in [-0.25, -0.2) is 0 Å². The van der Waals surface area contributed by atoms with E-state index in [1.165, 1.54) is 0 Å². The van der Waals surface area contributed by atoms with Crippen LogP contribution in [0.25, 0.3) is 0 Å². The van der Waals surface area contributed by atoms with Gasteiger partial charge in [-0.15, -0.1) is 0 Å². The minimum Gasteiger partial charge on any atom is -0.484 e. The Bertz CT molecular complexity index is 461. The van der Waals surface area contributed by atoms with Gasteiger partial charge in [0, 0.05) is 7.05 Å². The molecule has 1 aromatic rings. The fourth-order valence-electron chi connectivity index (χ4n) is 2.69. The Labute approximate surface area is 120 Å². The van der Waals surface area contributed by atoms with Gasteiger partial charge in [0.1, 0.15) is 5.75 Å². The van der Waals surface area contributed by atoms with Gasteiger partial charge in [0.15, 0.2) is 6.61 Å². The number of hydrogen-bond donors (Lipinski definition) is 1. The zero-order valence-corrected chi connectivity index (χ0v) is 12.2. The molecule has 0 aliphatic heterocycles. The van der Waals surface area contributed by atoms with Crippen LogP contribution in [0.5, 0.6) is 5.75 Å². The number of para-hydroxylation sites is 1. The lowest BCUT2D eigenvalue weighted by atomic mass is 9.91. The Balaban J connectivity index is 1.89. The summed E-state index contributed by atoms with van der Waals surface area (Å²) in [7, 11) is 1.75. The summed E-state index contributed by atoms with van der Waals surface area (Å²) in [4.78, 5) is 13.8. The summed E-state index contributed by atoms with van der Waals surface area (Å²) in [6, 6.07) is 7.57. The van der Waals surface area contributed by atoms with Crippen molar-refractivity contribution >= 4 is 5.91 Å². The average Bonchev–Trinajstić information content (AvgIpc) is 2.46. The maximum atomic E-state index is 12.2. The topological polar surface area (TPSA) is 49.8 Å². The normalized spacial score (nSPS) is 22.4. The van der Waals surface area contributed by atoms with Crippen LogP contribution in [-0.4, -0.2) is 41.7 Å². The predicted molar refractivity (Wildman–Crippen MR) is 77.7 cm³/mol. The molecule has 2 unspecified atom stereocenters. The van der Waals surface area contributed by atoms with Gasteiger partial charge < -0.3 is 14.7 Å². The van der Waals surface area contributed by atoms with Gasteiger partial charge in [0.25, 0.3) is 5.91 Å². The molecule has 0 heterocycles. The molecule has 4 nitrogen and oxygen atoms in total. The van der Waals surface area contributed by atoms with Crippen LogP contribution in [0.3, 0.4) is 0 Å². The molecular formula is C16H23NO3. The van der Waals surface area contributed by atoms with Crippen LogP contribution in [-0.2, 0) is 4.79 Å². The van der Waals surface area contributed by atoms with Crippen LogP contribution < -0.4 is 4.74 Å². The fourth-order valence-corrected chi connectivity index (χ4v) is 2.69. The van der Waals surface area contributed by atoms with Crippen molar-refractivity contribution in [2.45, 2.75) is 44.8 Å². The standard InChI is InChI=1S/C16H23NO3/c1-12-7-3-6-10-15(12)20-11-16(19)17(2)13-8-4-5-9-14(13)18/h3,6-7,10,13-14,18H,4-5,8-9,11H2,1-2H3. The first-order chi connectivity index (χ1) is 9.59. The highest BCUT2D eigenvalue weighted by atomic mass is 16.5. The monoisotopic (exact) mass is 277 g/mol. The lowest BCUT2D eigenvalue weighted by molar-refractivity contribution is -0.137. The van der Waals surface area contributed by atoms with Gasteiger partial charge in [-0.3, -0.25) is 4.79 Å². The number of rotatable bonds is 4. The summed E-state index contributed by atoms with van der Waals surface area (Å²) in [6.45, 7) is 1.97. The number of nitrogens with zero attached hydrogens (tertiary/aromatic N) is 1. The Kier molecular flexibility index (Phi) is 5.01. The molecule has 2 rings (SSSR count). The van der Waals surface area contributed by atoms with E-state index in [1.807, 2.05) is 31.2 Å². The number of carbonyl (C=O) groups excluding carboxylic acids is 1. The quantitative estimate of drug-likeness (QED) is 0.917. The molecule has 0 bridgehead atoms. The van der Waals surface area contributed by atoms with Gasteiger partial charge in [0.05, 0.1) is 12.1 Å². The molecule has 4 heteroatoms. The van der Waals surface area contributed by atoms with E-state index < -0.39 is 6.10 Å². The molecule has 0 saturated heterocycles. The molecule has 1 aliphatic rings. The Morgan fingerprint density at radius 3 is 2.75 bits per heavy atom. The first-order valence-corrected chi connectivity index (χ1v) is 7.21. The first kappa shape index (κ1) is 14.9. The van der Waals surface area contributed by atoms with Gasteiger partial charge >= 0.3 is 0 Å². The van der Waals surface area contributed by atoms with Crippen molar-refractivity contribution in [1.82, 2.24) is 4.90 Å². The summed E-state index contributed by atoms with van der Waals surface area (Å²) in [5, 5.41) is 9.98. The Morgan fingerprint density at radius 1 is 1.35 bits per heavy atom. The van der Waals surface area contributed by atoms with E-state index in [4.69, 9.17) is 4.74 Å². The van der Waals surface area contributed by atoms with Crippen LogP contribution >= 0.6 is 0 Å². The molecule has 2 atom stereocenters. The minimum absolute atomic E-state index is 0.0184. The first-order valence-electron chi connectivity index (χ1n) is 7.21. The van der Waals surface area contributed by atoms with Gasteiger partial charge in [-0.1, -0.05) is 31.0 Å². The second-order valence-electron chi connectivity index (χ2n) is 5.48. The molecule has 0 spiro atoms. The zero-order chi connectivity index (χ0) is 14.5. The van der Waals surface area contributed by atoms with E-state index in [0.717, 1.165) is 37.0 Å². The number of hydrogen-bond acceptors (Lipinski definition) is 3. The van der Waals surface area contributed by atoms with E-state index in [1.54, 1.807) is 11.9 Å². The molecule has 110 valence electrons. The molecule has 1 aliphatic carbocycles. The predicted octanol–water partition coefficient (Wildman–Crippen LogP) is 2.14. The summed E-state index contributed by atoms with van der Waals surface area (Å²) >= 11 is 0. The lowest BCUT2D eigenvalue weighted by Gasteiger charge is -2.35. The maximum Gasteiger partial charge on any atom is 0.260 e. The highest BCUT2D eigenvalue weighted by Crippen LogP contribution is 2.23. The van der Waals surface area contributed by atoms with E-state index >= 15 is 0 Å². The molecular weight excluding hydrogens is 254 g/mol. The van der Waals surface area contributed by atoms with Crippen LogP contribution in [0.15, 0.2) is 24.3 Å². The van der Waals surface area contributed by atoms with Crippen molar-refractivity contribution in [3.63, 3.8) is 0 Å². The van der Waals surface area contributed by atoms with Crippen molar-refractivity contribution in [1.29, 1.82) is 0 Å². The molecule has 20 heavy (non-hydrogen) atoms. The van der Waals surface area contributed by atoms with E-state index in [0.29, 0.717) is 0 Å². The fraction of sp³-hybridized carbons (Fsp3) is 0.562. The van der Waals surface area contributed by atoms with Crippen LogP contribution in [0.4, 0.5) is 0 Å². The number of aliphatic hydroxyl groups excluding tert-OH is 1. The second-order valence-corrected chi connectivity index (χ2v) is 5.48. The summed E-state index contributed by atoms with van der Waals surface area (Å²) in [5.74, 6) is 0.651. The zero-order valence-electron chi connectivity index (χ0n) is 12.2. The highest BCUT2D eigenvalue weighted by Gasteiger charge is 2.29. The molecule has 1 saturated carbocycles. The maximum absolute atomic E-state index is 12.2. The number of aryl methyl sites for hydroxylation is 1. The molecule has 1 aromatic carbocycles. The number of ether oxygens (including phenoxy) is 1. The Hall–Kier alpha value is -1.55. The van der Waals surface area contributed by atoms with Crippen molar-refractivity contribution in [2.24, 2.45) is 0 Å². The summed E-state index contributed by atoms with van der Waals surface area (Å²) < 4.78 is 5.57. The van der Waals surface area contributed by atoms with E-state index in [2.05, 4.69) is 0 Å². The highest BCUT2D eigenvalue weighted by molar-refractivity contribution is 5.78. The van der Waals surface area contributed by atoms with Crippen molar-refractivity contribution in [3.8, 4) is 5.75 Å². The van der Waals surface area contributed by atoms with Crippen LogP contribution in [0.2, 0.25) is 0 Å². The van der Waals surface area contributed by atoms with Crippen molar-refractivity contribution < 1.29 is 14.6 Å². The molecule has 0 aromatic heterocycles. The van der Waals surface area contributed by atoms with Crippen LogP contribution in [0.1, 0.15) is 31.2 Å². The average molecular weight is 277 g/mol. The smallest absolute Gasteiger partial charge is 0.260 e. The second kappa shape index (κ2) is 6.75. The SMILES string of the molecule is Cc1ccccc1OCC(=O)N(C)C1CCCCC1O. The van der Waals surface area contributed by atoms with Crippen molar-refractivity contribution in [3.05, 3.63) is 29.8 Å². The molecule has 1 amide bonds.